The zero-order valence-electron chi connectivity index (χ0n) is 20.2. The molecule has 6 nitrogen and oxygen atoms in total. The number of nitriles is 1. The molecule has 0 fully saturated rings. The minimum atomic E-state index is 0.417. The van der Waals surface area contributed by atoms with E-state index in [-0.39, 0.29) is 0 Å². The predicted molar refractivity (Wildman–Crippen MR) is 137 cm³/mol. The van der Waals surface area contributed by atoms with E-state index < -0.39 is 0 Å². The Kier molecular flexibility index (Phi) is 6.60. The van der Waals surface area contributed by atoms with Gasteiger partial charge in [0.25, 0.3) is 0 Å². The first-order valence-electron chi connectivity index (χ1n) is 12.0. The molecule has 2 aromatic heterocycles. The van der Waals surface area contributed by atoms with Gasteiger partial charge in [0.2, 0.25) is 0 Å². The van der Waals surface area contributed by atoms with Crippen LogP contribution in [-0.2, 0) is 19.7 Å². The van der Waals surface area contributed by atoms with Crippen molar-refractivity contribution < 1.29 is 4.74 Å². The summed E-state index contributed by atoms with van der Waals surface area (Å²) in [6.45, 7) is 7.64. The van der Waals surface area contributed by atoms with E-state index in [1.165, 1.54) is 5.56 Å². The summed E-state index contributed by atoms with van der Waals surface area (Å²) in [6, 6.07) is 23.1. The van der Waals surface area contributed by atoms with Gasteiger partial charge >= 0.3 is 0 Å². The zero-order chi connectivity index (χ0) is 24.2. The standard InChI is InChI=1S/C29H29N5O/c1-21(2)23-5-3-22(4-6-23)20-35-26-9-7-24(8-10-26)28-27-19-33(16-13-30)17-18-34(27)32-29(28)25-11-14-31-15-12-25/h3-12,14-15,21H,16-20H2,1-2H3. The van der Waals surface area contributed by atoms with E-state index in [0.717, 1.165) is 52.5 Å². The Balaban J connectivity index is 1.41. The highest BCUT2D eigenvalue weighted by Crippen LogP contribution is 2.37. The molecule has 1 aliphatic rings. The second-order valence-corrected chi connectivity index (χ2v) is 9.21. The third kappa shape index (κ3) is 4.96. The number of hydrogen-bond donors (Lipinski definition) is 0. The van der Waals surface area contributed by atoms with Crippen molar-refractivity contribution in [3.05, 3.63) is 89.9 Å². The molecule has 6 heteroatoms. The summed E-state index contributed by atoms with van der Waals surface area (Å²) in [5.41, 5.74) is 7.80. The quantitative estimate of drug-likeness (QED) is 0.331. The smallest absolute Gasteiger partial charge is 0.119 e. The fourth-order valence-corrected chi connectivity index (χ4v) is 4.50. The highest BCUT2D eigenvalue weighted by molar-refractivity contribution is 5.83. The van der Waals surface area contributed by atoms with E-state index in [1.54, 1.807) is 12.4 Å². The number of rotatable bonds is 7. The molecule has 0 N–H and O–H groups in total. The van der Waals surface area contributed by atoms with Crippen LogP contribution in [0.2, 0.25) is 0 Å². The Morgan fingerprint density at radius 2 is 1.69 bits per heavy atom. The van der Waals surface area contributed by atoms with Gasteiger partial charge in [-0.05, 0) is 46.9 Å². The van der Waals surface area contributed by atoms with Crippen molar-refractivity contribution >= 4 is 0 Å². The van der Waals surface area contributed by atoms with Crippen LogP contribution in [0.5, 0.6) is 5.75 Å². The molecule has 0 saturated heterocycles. The monoisotopic (exact) mass is 463 g/mol. The molecule has 0 atom stereocenters. The van der Waals surface area contributed by atoms with Gasteiger partial charge < -0.3 is 4.74 Å². The summed E-state index contributed by atoms with van der Waals surface area (Å²) in [7, 11) is 0. The Bertz CT molecular complexity index is 1320. The zero-order valence-corrected chi connectivity index (χ0v) is 20.2. The molecule has 3 heterocycles. The van der Waals surface area contributed by atoms with Crippen molar-refractivity contribution in [1.29, 1.82) is 5.26 Å². The van der Waals surface area contributed by atoms with Crippen molar-refractivity contribution in [2.24, 2.45) is 0 Å². The Morgan fingerprint density at radius 1 is 0.943 bits per heavy atom. The van der Waals surface area contributed by atoms with E-state index in [2.05, 4.69) is 70.9 Å². The number of nitrogens with zero attached hydrogens (tertiary/aromatic N) is 5. The first-order valence-corrected chi connectivity index (χ1v) is 12.0. The lowest BCUT2D eigenvalue weighted by Crippen LogP contribution is -2.34. The van der Waals surface area contributed by atoms with Crippen LogP contribution in [0.1, 0.15) is 36.6 Å². The fraction of sp³-hybridized carbons (Fsp3) is 0.276. The van der Waals surface area contributed by atoms with Crippen molar-refractivity contribution in [2.45, 2.75) is 39.5 Å². The molecule has 0 spiro atoms. The van der Waals surface area contributed by atoms with Gasteiger partial charge in [-0.3, -0.25) is 14.6 Å². The van der Waals surface area contributed by atoms with Crippen LogP contribution in [0.3, 0.4) is 0 Å². The van der Waals surface area contributed by atoms with Gasteiger partial charge in [-0.15, -0.1) is 0 Å². The van der Waals surface area contributed by atoms with Crippen LogP contribution in [0, 0.1) is 11.3 Å². The van der Waals surface area contributed by atoms with Gasteiger partial charge in [0.05, 0.1) is 24.9 Å². The fourth-order valence-electron chi connectivity index (χ4n) is 4.50. The average Bonchev–Trinajstić information content (AvgIpc) is 3.27. The molecule has 0 bridgehead atoms. The molecular weight excluding hydrogens is 434 g/mol. The molecule has 0 amide bonds. The largest absolute Gasteiger partial charge is 0.489 e. The highest BCUT2D eigenvalue weighted by Gasteiger charge is 2.25. The summed E-state index contributed by atoms with van der Waals surface area (Å²) in [4.78, 5) is 6.33. The third-order valence-electron chi connectivity index (χ3n) is 6.50. The van der Waals surface area contributed by atoms with Crippen LogP contribution >= 0.6 is 0 Å². The second-order valence-electron chi connectivity index (χ2n) is 9.21. The molecule has 1 aliphatic heterocycles. The molecule has 4 aromatic rings. The number of ether oxygens (including phenoxy) is 1. The van der Waals surface area contributed by atoms with Gasteiger partial charge in [-0.25, -0.2) is 0 Å². The molecule has 176 valence electrons. The van der Waals surface area contributed by atoms with E-state index in [1.807, 2.05) is 24.3 Å². The summed E-state index contributed by atoms with van der Waals surface area (Å²) in [5.74, 6) is 1.36. The van der Waals surface area contributed by atoms with E-state index in [0.29, 0.717) is 25.6 Å². The molecule has 35 heavy (non-hydrogen) atoms. The minimum absolute atomic E-state index is 0.417. The van der Waals surface area contributed by atoms with Crippen LogP contribution in [0.4, 0.5) is 0 Å². The SMILES string of the molecule is CC(C)c1ccc(COc2ccc(-c3c(-c4ccncc4)nn4c3CN(CC#N)CC4)cc2)cc1. The van der Waals surface area contributed by atoms with Gasteiger partial charge in [0.15, 0.2) is 0 Å². The first kappa shape index (κ1) is 22.8. The van der Waals surface area contributed by atoms with Crippen LogP contribution in [0.15, 0.2) is 73.1 Å². The van der Waals surface area contributed by atoms with Gasteiger partial charge in [0, 0.05) is 36.6 Å². The van der Waals surface area contributed by atoms with E-state index >= 15 is 0 Å². The maximum atomic E-state index is 9.20. The minimum Gasteiger partial charge on any atom is -0.489 e. The summed E-state index contributed by atoms with van der Waals surface area (Å²) >= 11 is 0. The molecular formula is C29H29N5O. The van der Waals surface area contributed by atoms with Crippen LogP contribution < -0.4 is 4.74 Å². The number of fused-ring (bicyclic) bond motifs is 1. The topological polar surface area (TPSA) is 67.0 Å². The molecule has 2 aromatic carbocycles. The van der Waals surface area contributed by atoms with Crippen molar-refractivity contribution in [2.75, 3.05) is 13.1 Å². The number of pyridine rings is 1. The highest BCUT2D eigenvalue weighted by atomic mass is 16.5. The predicted octanol–water partition coefficient (Wildman–Crippen LogP) is 5.65. The Labute approximate surface area is 206 Å². The molecule has 0 saturated carbocycles. The lowest BCUT2D eigenvalue weighted by Gasteiger charge is -2.26. The van der Waals surface area contributed by atoms with Crippen LogP contribution in [0.25, 0.3) is 22.4 Å². The molecule has 0 unspecified atom stereocenters. The summed E-state index contributed by atoms with van der Waals surface area (Å²) < 4.78 is 8.16. The molecule has 0 radical (unpaired) electrons. The molecule has 0 aliphatic carbocycles. The van der Waals surface area contributed by atoms with E-state index in [9.17, 15) is 5.26 Å². The average molecular weight is 464 g/mol. The summed E-state index contributed by atoms with van der Waals surface area (Å²) in [6.07, 6.45) is 3.59. The normalized spacial score (nSPS) is 13.4. The van der Waals surface area contributed by atoms with Crippen molar-refractivity contribution in [3.8, 4) is 34.2 Å². The maximum Gasteiger partial charge on any atom is 0.119 e. The Morgan fingerprint density at radius 3 is 2.37 bits per heavy atom. The maximum absolute atomic E-state index is 9.20. The second kappa shape index (κ2) is 10.1. The number of aromatic nitrogens is 3. The Hall–Kier alpha value is -3.95. The van der Waals surface area contributed by atoms with Gasteiger partial charge in [0.1, 0.15) is 18.1 Å². The van der Waals surface area contributed by atoms with Crippen molar-refractivity contribution in [3.63, 3.8) is 0 Å². The lowest BCUT2D eigenvalue weighted by atomic mass is 9.98. The molecule has 5 rings (SSSR count). The van der Waals surface area contributed by atoms with Crippen LogP contribution in [-0.4, -0.2) is 32.8 Å². The van der Waals surface area contributed by atoms with Gasteiger partial charge in [-0.1, -0.05) is 50.2 Å². The van der Waals surface area contributed by atoms with E-state index in [4.69, 9.17) is 9.84 Å². The third-order valence-corrected chi connectivity index (χ3v) is 6.50. The lowest BCUT2D eigenvalue weighted by molar-refractivity contribution is 0.238. The van der Waals surface area contributed by atoms with Crippen molar-refractivity contribution in [1.82, 2.24) is 19.7 Å². The number of hydrogen-bond acceptors (Lipinski definition) is 5. The first-order chi connectivity index (χ1) is 17.1. The number of benzene rings is 2. The van der Waals surface area contributed by atoms with Gasteiger partial charge in [-0.2, -0.15) is 10.4 Å². The summed E-state index contributed by atoms with van der Waals surface area (Å²) in [5, 5.41) is 14.2.